The zero-order valence-electron chi connectivity index (χ0n) is 10.5. The number of likely N-dealkylation sites (tertiary alicyclic amines) is 1. The lowest BCUT2D eigenvalue weighted by Crippen LogP contribution is -2.45. The van der Waals surface area contributed by atoms with Crippen LogP contribution in [0.15, 0.2) is 0 Å². The molecule has 0 amide bonds. The Morgan fingerprint density at radius 2 is 2.07 bits per heavy atom. The molecular formula is C12H24N2O. The maximum Gasteiger partial charge on any atom is 0.152 e. The van der Waals surface area contributed by atoms with Crippen molar-refractivity contribution >= 4 is 5.78 Å². The van der Waals surface area contributed by atoms with Gasteiger partial charge in [0.1, 0.15) is 0 Å². The first kappa shape index (κ1) is 12.7. The summed E-state index contributed by atoms with van der Waals surface area (Å²) < 4.78 is 0. The third-order valence-corrected chi connectivity index (χ3v) is 3.25. The van der Waals surface area contributed by atoms with Crippen molar-refractivity contribution in [3.8, 4) is 0 Å². The number of rotatable bonds is 4. The summed E-state index contributed by atoms with van der Waals surface area (Å²) in [6.07, 6.45) is 2.16. The van der Waals surface area contributed by atoms with Crippen molar-refractivity contribution in [2.24, 2.45) is 5.41 Å². The summed E-state index contributed by atoms with van der Waals surface area (Å²) in [7, 11) is 4.18. The van der Waals surface area contributed by atoms with Crippen LogP contribution in [0.4, 0.5) is 0 Å². The number of hydrogen-bond donors (Lipinski definition) is 0. The molecule has 0 unspecified atom stereocenters. The van der Waals surface area contributed by atoms with Crippen LogP contribution in [0.2, 0.25) is 0 Å². The second-order valence-corrected chi connectivity index (χ2v) is 5.49. The van der Waals surface area contributed by atoms with E-state index in [0.29, 0.717) is 12.3 Å². The van der Waals surface area contributed by atoms with Gasteiger partial charge in [0.2, 0.25) is 0 Å². The van der Waals surface area contributed by atoms with Gasteiger partial charge in [-0.1, -0.05) is 13.8 Å². The van der Waals surface area contributed by atoms with Crippen LogP contribution in [-0.2, 0) is 4.79 Å². The number of Topliss-reactive ketones (excluding diaryl/α,β-unsaturated/α-hetero) is 1. The minimum atomic E-state index is -0.0853. The smallest absolute Gasteiger partial charge is 0.152 e. The number of ketones is 1. The minimum Gasteiger partial charge on any atom is -0.309 e. The molecule has 88 valence electrons. The lowest BCUT2D eigenvalue weighted by molar-refractivity contribution is -0.131. The standard InChI is InChI=1S/C12H24N2O/c1-12(2)6-9-14(10-11(12)15)8-5-7-13(3)4/h5-10H2,1-4H3. The third-order valence-electron chi connectivity index (χ3n) is 3.25. The van der Waals surface area contributed by atoms with Crippen LogP contribution in [-0.4, -0.2) is 55.9 Å². The molecule has 3 heteroatoms. The quantitative estimate of drug-likeness (QED) is 0.700. The normalized spacial score (nSPS) is 22.3. The van der Waals surface area contributed by atoms with Crippen LogP contribution in [0.25, 0.3) is 0 Å². The molecule has 3 nitrogen and oxygen atoms in total. The minimum absolute atomic E-state index is 0.0853. The van der Waals surface area contributed by atoms with Gasteiger partial charge in [-0.25, -0.2) is 0 Å². The van der Waals surface area contributed by atoms with E-state index in [9.17, 15) is 4.79 Å². The van der Waals surface area contributed by atoms with Gasteiger partial charge < -0.3 is 4.90 Å². The van der Waals surface area contributed by atoms with Crippen LogP contribution in [0, 0.1) is 5.41 Å². The number of carbonyl (C=O) groups is 1. The predicted molar refractivity (Wildman–Crippen MR) is 63.0 cm³/mol. The Bertz CT molecular complexity index is 224. The Hall–Kier alpha value is -0.410. The van der Waals surface area contributed by atoms with Crippen molar-refractivity contribution in [3.05, 3.63) is 0 Å². The predicted octanol–water partition coefficient (Wildman–Crippen LogP) is 1.24. The highest BCUT2D eigenvalue weighted by Crippen LogP contribution is 2.26. The molecule has 15 heavy (non-hydrogen) atoms. The summed E-state index contributed by atoms with van der Waals surface area (Å²) >= 11 is 0. The van der Waals surface area contributed by atoms with Gasteiger partial charge in [-0.3, -0.25) is 9.69 Å². The average Bonchev–Trinajstić information content (AvgIpc) is 2.11. The fourth-order valence-electron chi connectivity index (χ4n) is 1.87. The first-order valence-corrected chi connectivity index (χ1v) is 5.82. The summed E-state index contributed by atoms with van der Waals surface area (Å²) in [6.45, 7) is 8.01. The number of carbonyl (C=O) groups excluding carboxylic acids is 1. The monoisotopic (exact) mass is 212 g/mol. The van der Waals surface area contributed by atoms with E-state index in [1.54, 1.807) is 0 Å². The zero-order valence-corrected chi connectivity index (χ0v) is 10.5. The Morgan fingerprint density at radius 3 is 2.60 bits per heavy atom. The van der Waals surface area contributed by atoms with Crippen molar-refractivity contribution in [1.82, 2.24) is 9.80 Å². The zero-order chi connectivity index (χ0) is 11.5. The fraction of sp³-hybridized carbons (Fsp3) is 0.917. The molecule has 0 bridgehead atoms. The van der Waals surface area contributed by atoms with Gasteiger partial charge in [-0.15, -0.1) is 0 Å². The number of piperidine rings is 1. The van der Waals surface area contributed by atoms with Crippen molar-refractivity contribution in [2.75, 3.05) is 40.3 Å². The van der Waals surface area contributed by atoms with Gasteiger partial charge in [0, 0.05) is 5.41 Å². The Morgan fingerprint density at radius 1 is 1.40 bits per heavy atom. The summed E-state index contributed by atoms with van der Waals surface area (Å²) in [5.74, 6) is 0.401. The van der Waals surface area contributed by atoms with Gasteiger partial charge in [-0.2, -0.15) is 0 Å². The summed E-state index contributed by atoms with van der Waals surface area (Å²) in [6, 6.07) is 0. The molecule has 0 atom stereocenters. The molecule has 1 aliphatic rings. The van der Waals surface area contributed by atoms with E-state index in [1.165, 1.54) is 0 Å². The molecule has 0 radical (unpaired) electrons. The fourth-order valence-corrected chi connectivity index (χ4v) is 1.87. The van der Waals surface area contributed by atoms with Gasteiger partial charge >= 0.3 is 0 Å². The van der Waals surface area contributed by atoms with Gasteiger partial charge in [0.25, 0.3) is 0 Å². The highest BCUT2D eigenvalue weighted by molar-refractivity contribution is 5.86. The highest BCUT2D eigenvalue weighted by Gasteiger charge is 2.33. The van der Waals surface area contributed by atoms with Crippen LogP contribution < -0.4 is 0 Å². The van der Waals surface area contributed by atoms with Crippen molar-refractivity contribution in [1.29, 1.82) is 0 Å². The first-order chi connectivity index (χ1) is 6.92. The first-order valence-electron chi connectivity index (χ1n) is 5.82. The van der Waals surface area contributed by atoms with Crippen LogP contribution in [0.1, 0.15) is 26.7 Å². The molecule has 1 saturated heterocycles. The SMILES string of the molecule is CN(C)CCCN1CCC(C)(C)C(=O)C1. The van der Waals surface area contributed by atoms with E-state index in [-0.39, 0.29) is 5.41 Å². The van der Waals surface area contributed by atoms with Crippen LogP contribution in [0.5, 0.6) is 0 Å². The molecule has 0 aromatic carbocycles. The molecule has 1 rings (SSSR count). The molecule has 0 aliphatic carbocycles. The van der Waals surface area contributed by atoms with E-state index >= 15 is 0 Å². The molecule has 1 heterocycles. The third kappa shape index (κ3) is 3.92. The van der Waals surface area contributed by atoms with E-state index < -0.39 is 0 Å². The average molecular weight is 212 g/mol. The Balaban J connectivity index is 2.26. The number of nitrogens with zero attached hydrogens (tertiary/aromatic N) is 2. The molecule has 0 N–H and O–H groups in total. The Labute approximate surface area is 93.4 Å². The maximum absolute atomic E-state index is 11.8. The van der Waals surface area contributed by atoms with E-state index in [2.05, 4.69) is 37.7 Å². The molecule has 0 aromatic rings. The van der Waals surface area contributed by atoms with E-state index in [0.717, 1.165) is 32.5 Å². The van der Waals surface area contributed by atoms with Crippen molar-refractivity contribution < 1.29 is 4.79 Å². The highest BCUT2D eigenvalue weighted by atomic mass is 16.1. The largest absolute Gasteiger partial charge is 0.309 e. The second kappa shape index (κ2) is 5.08. The topological polar surface area (TPSA) is 23.6 Å². The molecule has 1 aliphatic heterocycles. The molecule has 0 saturated carbocycles. The lowest BCUT2D eigenvalue weighted by atomic mass is 9.81. The van der Waals surface area contributed by atoms with E-state index in [1.807, 2.05) is 0 Å². The molecular weight excluding hydrogens is 188 g/mol. The summed E-state index contributed by atoms with van der Waals surface area (Å²) in [5, 5.41) is 0. The van der Waals surface area contributed by atoms with Crippen molar-refractivity contribution in [3.63, 3.8) is 0 Å². The van der Waals surface area contributed by atoms with Crippen LogP contribution >= 0.6 is 0 Å². The molecule has 1 fully saturated rings. The molecule has 0 aromatic heterocycles. The van der Waals surface area contributed by atoms with Crippen molar-refractivity contribution in [2.45, 2.75) is 26.7 Å². The molecule has 0 spiro atoms. The summed E-state index contributed by atoms with van der Waals surface area (Å²) in [5.41, 5.74) is -0.0853. The Kier molecular flexibility index (Phi) is 4.29. The van der Waals surface area contributed by atoms with Crippen LogP contribution in [0.3, 0.4) is 0 Å². The number of hydrogen-bond acceptors (Lipinski definition) is 3. The maximum atomic E-state index is 11.8. The van der Waals surface area contributed by atoms with Gasteiger partial charge in [-0.05, 0) is 46.6 Å². The van der Waals surface area contributed by atoms with E-state index in [4.69, 9.17) is 0 Å². The lowest BCUT2D eigenvalue weighted by Gasteiger charge is -2.35. The second-order valence-electron chi connectivity index (χ2n) is 5.49. The van der Waals surface area contributed by atoms with Gasteiger partial charge in [0.05, 0.1) is 6.54 Å². The van der Waals surface area contributed by atoms with Gasteiger partial charge in [0.15, 0.2) is 5.78 Å². The summed E-state index contributed by atoms with van der Waals surface area (Å²) in [4.78, 5) is 16.3.